The van der Waals surface area contributed by atoms with Gasteiger partial charge in [-0.3, -0.25) is 10.1 Å². The van der Waals surface area contributed by atoms with Crippen molar-refractivity contribution < 1.29 is 18.1 Å². The predicted octanol–water partition coefficient (Wildman–Crippen LogP) is 3.78. The van der Waals surface area contributed by atoms with E-state index < -0.39 is 20.6 Å². The second-order valence-electron chi connectivity index (χ2n) is 5.92. The molecule has 0 aliphatic carbocycles. The third kappa shape index (κ3) is 3.40. The maximum Gasteiger partial charge on any atom is 0.290 e. The molecule has 1 atom stereocenters. The number of nitro benzene ring substituents is 1. The van der Waals surface area contributed by atoms with Crippen molar-refractivity contribution in [1.82, 2.24) is 4.31 Å². The number of rotatable bonds is 5. The number of benzene rings is 2. The van der Waals surface area contributed by atoms with Crippen molar-refractivity contribution in [2.45, 2.75) is 23.8 Å². The first-order valence-electron chi connectivity index (χ1n) is 7.94. The molecule has 0 amide bonds. The molecule has 2 aromatic carbocycles. The number of halogens is 1. The summed E-state index contributed by atoms with van der Waals surface area (Å²) < 4.78 is 32.7. The van der Waals surface area contributed by atoms with Gasteiger partial charge in [0.15, 0.2) is 4.90 Å². The first-order chi connectivity index (χ1) is 12.3. The average molecular weight is 397 g/mol. The van der Waals surface area contributed by atoms with E-state index in [1.807, 2.05) is 12.1 Å². The van der Waals surface area contributed by atoms with Gasteiger partial charge in [-0.25, -0.2) is 8.42 Å². The first-order valence-corrected chi connectivity index (χ1v) is 9.76. The summed E-state index contributed by atoms with van der Waals surface area (Å²) in [5, 5.41) is 11.4. The second-order valence-corrected chi connectivity index (χ2v) is 8.21. The fourth-order valence-electron chi connectivity index (χ4n) is 3.16. The number of ether oxygens (including phenoxy) is 1. The lowest BCUT2D eigenvalue weighted by Gasteiger charge is -2.24. The third-order valence-corrected chi connectivity index (χ3v) is 6.60. The summed E-state index contributed by atoms with van der Waals surface area (Å²) in [7, 11) is -2.49. The monoisotopic (exact) mass is 396 g/mol. The zero-order valence-electron chi connectivity index (χ0n) is 14.0. The minimum atomic E-state index is -4.04. The third-order valence-electron chi connectivity index (χ3n) is 4.41. The second kappa shape index (κ2) is 7.22. The maximum absolute atomic E-state index is 13.1. The van der Waals surface area contributed by atoms with Crippen LogP contribution in [0.5, 0.6) is 5.75 Å². The largest absolute Gasteiger partial charge is 0.497 e. The van der Waals surface area contributed by atoms with Crippen LogP contribution in [0.25, 0.3) is 0 Å². The lowest BCUT2D eigenvalue weighted by atomic mass is 10.1. The minimum absolute atomic E-state index is 0.115. The van der Waals surface area contributed by atoms with Gasteiger partial charge in [-0.1, -0.05) is 23.7 Å². The highest BCUT2D eigenvalue weighted by Crippen LogP contribution is 2.39. The lowest BCUT2D eigenvalue weighted by molar-refractivity contribution is -0.387. The summed E-state index contributed by atoms with van der Waals surface area (Å²) in [6.45, 7) is 0.304. The number of nitrogens with zero attached hydrogens (tertiary/aromatic N) is 2. The SMILES string of the molecule is COc1ccc(C2CCCN2S(=O)(=O)c2ccc(Cl)cc2[N+](=O)[O-])cc1. The van der Waals surface area contributed by atoms with Crippen LogP contribution in [0.1, 0.15) is 24.4 Å². The number of nitro groups is 1. The molecule has 26 heavy (non-hydrogen) atoms. The van der Waals surface area contributed by atoms with Crippen molar-refractivity contribution >= 4 is 27.3 Å². The summed E-state index contributed by atoms with van der Waals surface area (Å²) in [5.74, 6) is 0.675. The molecule has 1 unspecified atom stereocenters. The normalized spacial score (nSPS) is 18.0. The van der Waals surface area contributed by atoms with Crippen LogP contribution in [-0.2, 0) is 10.0 Å². The van der Waals surface area contributed by atoms with Crippen molar-refractivity contribution in [2.24, 2.45) is 0 Å². The van der Waals surface area contributed by atoms with E-state index in [-0.39, 0.29) is 16.0 Å². The summed E-state index contributed by atoms with van der Waals surface area (Å²) >= 11 is 5.80. The standard InChI is InChI=1S/C17H17ClN2O5S/c1-25-14-7-4-12(5-8-14)15-3-2-10-19(15)26(23,24)17-9-6-13(18)11-16(17)20(21)22/h4-9,11,15H,2-3,10H2,1H3. The fourth-order valence-corrected chi connectivity index (χ4v) is 5.15. The Kier molecular flexibility index (Phi) is 5.17. The molecule has 3 rings (SSSR count). The smallest absolute Gasteiger partial charge is 0.290 e. The average Bonchev–Trinajstić information content (AvgIpc) is 3.12. The Labute approximate surface area is 156 Å². The molecule has 0 N–H and O–H groups in total. The molecule has 0 saturated carbocycles. The van der Waals surface area contributed by atoms with Crippen molar-refractivity contribution in [3.63, 3.8) is 0 Å². The highest BCUT2D eigenvalue weighted by molar-refractivity contribution is 7.89. The summed E-state index contributed by atoms with van der Waals surface area (Å²) in [6.07, 6.45) is 1.32. The molecule has 0 aromatic heterocycles. The molecule has 1 saturated heterocycles. The van der Waals surface area contributed by atoms with Crippen LogP contribution in [0, 0.1) is 10.1 Å². The van der Waals surface area contributed by atoms with Gasteiger partial charge in [-0.15, -0.1) is 0 Å². The molecule has 1 fully saturated rings. The topological polar surface area (TPSA) is 89.8 Å². The quantitative estimate of drug-likeness (QED) is 0.566. The molecule has 1 aliphatic heterocycles. The van der Waals surface area contributed by atoms with Crippen LogP contribution in [0.15, 0.2) is 47.4 Å². The summed E-state index contributed by atoms with van der Waals surface area (Å²) in [5.41, 5.74) is 0.307. The molecule has 138 valence electrons. The Balaban J connectivity index is 2.02. The lowest BCUT2D eigenvalue weighted by Crippen LogP contribution is -2.31. The molecule has 1 aliphatic rings. The van der Waals surface area contributed by atoms with Crippen molar-refractivity contribution in [3.05, 3.63) is 63.2 Å². The Bertz CT molecular complexity index is 931. The van der Waals surface area contributed by atoms with E-state index in [0.717, 1.165) is 11.6 Å². The molecule has 0 radical (unpaired) electrons. The summed E-state index contributed by atoms with van der Waals surface area (Å²) in [6, 6.07) is 10.4. The van der Waals surface area contributed by atoms with Gasteiger partial charge in [0.1, 0.15) is 5.75 Å². The van der Waals surface area contributed by atoms with Gasteiger partial charge in [0.2, 0.25) is 10.0 Å². The fraction of sp³-hybridized carbons (Fsp3) is 0.294. The molecule has 0 bridgehead atoms. The highest BCUT2D eigenvalue weighted by Gasteiger charge is 2.39. The summed E-state index contributed by atoms with van der Waals surface area (Å²) in [4.78, 5) is 10.2. The molecule has 7 nitrogen and oxygen atoms in total. The van der Waals surface area contributed by atoms with Crippen molar-refractivity contribution in [1.29, 1.82) is 0 Å². The Morgan fingerprint density at radius 2 is 1.92 bits per heavy atom. The van der Waals surface area contributed by atoms with Crippen LogP contribution in [0.2, 0.25) is 5.02 Å². The van der Waals surface area contributed by atoms with E-state index in [2.05, 4.69) is 0 Å². The van der Waals surface area contributed by atoms with Gasteiger partial charge >= 0.3 is 0 Å². The van der Waals surface area contributed by atoms with Gasteiger partial charge in [-0.05, 0) is 42.7 Å². The van der Waals surface area contributed by atoms with E-state index in [0.29, 0.717) is 25.1 Å². The van der Waals surface area contributed by atoms with Gasteiger partial charge in [0.05, 0.1) is 18.1 Å². The maximum atomic E-state index is 13.1. The first kappa shape index (κ1) is 18.6. The van der Waals surface area contributed by atoms with Crippen molar-refractivity contribution in [3.8, 4) is 5.75 Å². The number of methoxy groups -OCH3 is 1. The minimum Gasteiger partial charge on any atom is -0.497 e. The Morgan fingerprint density at radius 3 is 2.54 bits per heavy atom. The van der Waals surface area contributed by atoms with Crippen LogP contribution < -0.4 is 4.74 Å². The number of hydrogen-bond donors (Lipinski definition) is 0. The number of hydrogen-bond acceptors (Lipinski definition) is 5. The molecular formula is C17H17ClN2O5S. The van der Waals surface area contributed by atoms with Gasteiger partial charge < -0.3 is 4.74 Å². The zero-order valence-corrected chi connectivity index (χ0v) is 15.5. The number of sulfonamides is 1. The Hall–Kier alpha value is -2.16. The van der Waals surface area contributed by atoms with E-state index >= 15 is 0 Å². The highest BCUT2D eigenvalue weighted by atomic mass is 35.5. The van der Waals surface area contributed by atoms with Crippen LogP contribution in [0.3, 0.4) is 0 Å². The predicted molar refractivity (Wildman–Crippen MR) is 97.0 cm³/mol. The van der Waals surface area contributed by atoms with Gasteiger partial charge in [0.25, 0.3) is 5.69 Å². The zero-order chi connectivity index (χ0) is 18.9. The van der Waals surface area contributed by atoms with E-state index in [4.69, 9.17) is 16.3 Å². The van der Waals surface area contributed by atoms with Gasteiger partial charge in [0, 0.05) is 17.6 Å². The van der Waals surface area contributed by atoms with Crippen LogP contribution in [-0.4, -0.2) is 31.3 Å². The molecule has 1 heterocycles. The molecule has 0 spiro atoms. The van der Waals surface area contributed by atoms with Crippen LogP contribution >= 0.6 is 11.6 Å². The molecule has 9 heteroatoms. The molecule has 2 aromatic rings. The van der Waals surface area contributed by atoms with E-state index in [9.17, 15) is 18.5 Å². The van der Waals surface area contributed by atoms with E-state index in [1.54, 1.807) is 19.2 Å². The van der Waals surface area contributed by atoms with Crippen LogP contribution in [0.4, 0.5) is 5.69 Å². The Morgan fingerprint density at radius 1 is 1.23 bits per heavy atom. The molecular weight excluding hydrogens is 380 g/mol. The van der Waals surface area contributed by atoms with Crippen molar-refractivity contribution in [2.75, 3.05) is 13.7 Å². The van der Waals surface area contributed by atoms with E-state index in [1.165, 1.54) is 16.4 Å². The van der Waals surface area contributed by atoms with Gasteiger partial charge in [-0.2, -0.15) is 4.31 Å².